The van der Waals surface area contributed by atoms with Crippen molar-refractivity contribution in [3.8, 4) is 0 Å². The van der Waals surface area contributed by atoms with Crippen molar-refractivity contribution in [2.24, 2.45) is 11.8 Å². The number of benzene rings is 1. The summed E-state index contributed by atoms with van der Waals surface area (Å²) in [7, 11) is -2.23. The number of hydrogen-bond donors (Lipinski definition) is 1. The van der Waals surface area contributed by atoms with Crippen LogP contribution in [0.15, 0.2) is 17.0 Å². The van der Waals surface area contributed by atoms with E-state index in [1.165, 1.54) is 30.4 Å². The van der Waals surface area contributed by atoms with Crippen molar-refractivity contribution in [2.45, 2.75) is 25.2 Å². The van der Waals surface area contributed by atoms with Gasteiger partial charge in [-0.3, -0.25) is 0 Å². The lowest BCUT2D eigenvalue weighted by molar-refractivity contribution is 0.0696. The topological polar surface area (TPSA) is 74.7 Å². The minimum Gasteiger partial charge on any atom is -0.478 e. The van der Waals surface area contributed by atoms with Crippen LogP contribution >= 0.6 is 11.6 Å². The second-order valence-electron chi connectivity index (χ2n) is 5.64. The van der Waals surface area contributed by atoms with E-state index in [0.717, 1.165) is 6.42 Å². The number of sulfonamides is 1. The van der Waals surface area contributed by atoms with Crippen LogP contribution in [0.1, 0.15) is 29.3 Å². The lowest BCUT2D eigenvalue weighted by Gasteiger charge is -2.19. The van der Waals surface area contributed by atoms with Gasteiger partial charge in [0.05, 0.1) is 10.5 Å². The third-order valence-electron chi connectivity index (χ3n) is 4.01. The molecule has 0 amide bonds. The predicted octanol–water partition coefficient (Wildman–Crippen LogP) is 2.62. The van der Waals surface area contributed by atoms with Crippen LogP contribution in [-0.4, -0.2) is 37.4 Å². The molecule has 1 N–H and O–H groups in total. The Morgan fingerprint density at radius 1 is 1.48 bits per heavy atom. The van der Waals surface area contributed by atoms with Crippen molar-refractivity contribution in [1.82, 2.24) is 4.31 Å². The number of carboxylic acid groups (broad SMARTS) is 1. The van der Waals surface area contributed by atoms with E-state index >= 15 is 0 Å². The summed E-state index contributed by atoms with van der Waals surface area (Å²) in [4.78, 5) is 11.1. The van der Waals surface area contributed by atoms with Crippen LogP contribution in [0.25, 0.3) is 0 Å². The normalized spacial score (nSPS) is 21.6. The third-order valence-corrected chi connectivity index (χ3v) is 6.18. The number of hydrogen-bond acceptors (Lipinski definition) is 3. The molecule has 1 aliphatic rings. The van der Waals surface area contributed by atoms with Crippen LogP contribution in [-0.2, 0) is 10.0 Å². The van der Waals surface area contributed by atoms with Crippen LogP contribution in [0.2, 0.25) is 5.02 Å². The standard InChI is InChI=1S/C14H18ClNO4S/c1-8-4-10(8)7-16(3)21(19,20)13-6-11(15)5-12(9(13)2)14(17)18/h5-6,8,10H,4,7H2,1-3H3,(H,17,18). The van der Waals surface area contributed by atoms with Crippen molar-refractivity contribution < 1.29 is 18.3 Å². The van der Waals surface area contributed by atoms with Crippen LogP contribution in [0, 0.1) is 18.8 Å². The first-order valence-electron chi connectivity index (χ1n) is 6.64. The van der Waals surface area contributed by atoms with Gasteiger partial charge in [0.2, 0.25) is 10.0 Å². The Kier molecular flexibility index (Phi) is 4.33. The van der Waals surface area contributed by atoms with E-state index in [2.05, 4.69) is 6.92 Å². The van der Waals surface area contributed by atoms with E-state index in [1.54, 1.807) is 0 Å². The van der Waals surface area contributed by atoms with Gasteiger partial charge in [0.1, 0.15) is 0 Å². The molecule has 0 saturated heterocycles. The number of halogens is 1. The first kappa shape index (κ1) is 16.3. The fraction of sp³-hybridized carbons (Fsp3) is 0.500. The maximum atomic E-state index is 12.6. The molecule has 0 aromatic heterocycles. The van der Waals surface area contributed by atoms with Gasteiger partial charge >= 0.3 is 5.97 Å². The van der Waals surface area contributed by atoms with E-state index in [0.29, 0.717) is 18.4 Å². The molecule has 1 fully saturated rings. The highest BCUT2D eigenvalue weighted by Crippen LogP contribution is 2.39. The molecule has 1 aliphatic carbocycles. The summed E-state index contributed by atoms with van der Waals surface area (Å²) in [5, 5.41) is 9.24. The Bertz CT molecular complexity index is 686. The highest BCUT2D eigenvalue weighted by Gasteiger charge is 2.36. The van der Waals surface area contributed by atoms with Crippen LogP contribution in [0.4, 0.5) is 0 Å². The van der Waals surface area contributed by atoms with Gasteiger partial charge in [-0.25, -0.2) is 17.5 Å². The highest BCUT2D eigenvalue weighted by atomic mass is 35.5. The van der Waals surface area contributed by atoms with E-state index in [4.69, 9.17) is 16.7 Å². The number of aromatic carboxylic acids is 1. The summed E-state index contributed by atoms with van der Waals surface area (Å²) in [5.74, 6) is -0.272. The first-order chi connectivity index (χ1) is 9.64. The number of carboxylic acids is 1. The lowest BCUT2D eigenvalue weighted by Crippen LogP contribution is -2.30. The second-order valence-corrected chi connectivity index (χ2v) is 8.09. The van der Waals surface area contributed by atoms with Gasteiger partial charge in [-0.05, 0) is 42.9 Å². The Morgan fingerprint density at radius 2 is 2.05 bits per heavy atom. The molecule has 2 unspecified atom stereocenters. The van der Waals surface area contributed by atoms with Gasteiger partial charge in [0.15, 0.2) is 0 Å². The molecule has 1 saturated carbocycles. The zero-order valence-electron chi connectivity index (χ0n) is 12.1. The zero-order chi connectivity index (χ0) is 15.9. The molecule has 21 heavy (non-hydrogen) atoms. The Labute approximate surface area is 129 Å². The summed E-state index contributed by atoms with van der Waals surface area (Å²) in [6.45, 7) is 4.01. The van der Waals surface area contributed by atoms with Crippen molar-refractivity contribution in [3.05, 3.63) is 28.3 Å². The summed E-state index contributed by atoms with van der Waals surface area (Å²) >= 11 is 5.87. The predicted molar refractivity (Wildman–Crippen MR) is 80.2 cm³/mol. The average Bonchev–Trinajstić information content (AvgIpc) is 3.06. The van der Waals surface area contributed by atoms with Crippen molar-refractivity contribution in [2.75, 3.05) is 13.6 Å². The zero-order valence-corrected chi connectivity index (χ0v) is 13.7. The van der Waals surface area contributed by atoms with E-state index < -0.39 is 16.0 Å². The molecule has 0 aliphatic heterocycles. The van der Waals surface area contributed by atoms with Gasteiger partial charge < -0.3 is 5.11 Å². The van der Waals surface area contributed by atoms with E-state index in [-0.39, 0.29) is 21.0 Å². The van der Waals surface area contributed by atoms with Gasteiger partial charge in [-0.2, -0.15) is 0 Å². The van der Waals surface area contributed by atoms with Crippen molar-refractivity contribution in [3.63, 3.8) is 0 Å². The third kappa shape index (κ3) is 3.22. The van der Waals surface area contributed by atoms with Gasteiger partial charge in [-0.1, -0.05) is 18.5 Å². The Morgan fingerprint density at radius 3 is 2.52 bits per heavy atom. The summed E-state index contributed by atoms with van der Waals surface area (Å²) < 4.78 is 26.5. The fourth-order valence-corrected chi connectivity index (χ4v) is 4.17. The molecule has 0 bridgehead atoms. The van der Waals surface area contributed by atoms with Gasteiger partial charge in [0.25, 0.3) is 0 Å². The maximum absolute atomic E-state index is 12.6. The summed E-state index contributed by atoms with van der Waals surface area (Å²) in [6, 6.07) is 2.58. The van der Waals surface area contributed by atoms with E-state index in [9.17, 15) is 13.2 Å². The average molecular weight is 332 g/mol. The molecule has 0 radical (unpaired) electrons. The van der Waals surface area contributed by atoms with Crippen LogP contribution in [0.5, 0.6) is 0 Å². The number of nitrogens with zero attached hydrogens (tertiary/aromatic N) is 1. The largest absolute Gasteiger partial charge is 0.478 e. The molecule has 116 valence electrons. The molecule has 5 nitrogen and oxygen atoms in total. The smallest absolute Gasteiger partial charge is 0.336 e. The monoisotopic (exact) mass is 331 g/mol. The van der Waals surface area contributed by atoms with Crippen molar-refractivity contribution in [1.29, 1.82) is 0 Å². The Balaban J connectivity index is 2.41. The van der Waals surface area contributed by atoms with Gasteiger partial charge in [-0.15, -0.1) is 0 Å². The summed E-state index contributed by atoms with van der Waals surface area (Å²) in [5.41, 5.74) is 0.122. The quantitative estimate of drug-likeness (QED) is 0.900. The minimum atomic E-state index is -3.74. The van der Waals surface area contributed by atoms with Gasteiger partial charge in [0, 0.05) is 18.6 Å². The number of carbonyl (C=O) groups is 1. The fourth-order valence-electron chi connectivity index (χ4n) is 2.39. The molecule has 2 rings (SSSR count). The molecule has 0 spiro atoms. The number of rotatable bonds is 5. The first-order valence-corrected chi connectivity index (χ1v) is 8.46. The minimum absolute atomic E-state index is 0.0387. The molecular formula is C14H18ClNO4S. The second kappa shape index (κ2) is 5.59. The molecule has 1 aromatic carbocycles. The summed E-state index contributed by atoms with van der Waals surface area (Å²) in [6.07, 6.45) is 1.02. The maximum Gasteiger partial charge on any atom is 0.336 e. The SMILES string of the molecule is Cc1c(C(=O)O)cc(Cl)cc1S(=O)(=O)N(C)CC1CC1C. The molecule has 1 aromatic rings. The van der Waals surface area contributed by atoms with E-state index in [1.807, 2.05) is 0 Å². The van der Waals surface area contributed by atoms with Crippen LogP contribution in [0.3, 0.4) is 0 Å². The molecule has 2 atom stereocenters. The molecular weight excluding hydrogens is 314 g/mol. The van der Waals surface area contributed by atoms with Crippen LogP contribution < -0.4 is 0 Å². The molecule has 0 heterocycles. The van der Waals surface area contributed by atoms with Crippen molar-refractivity contribution >= 4 is 27.6 Å². The lowest BCUT2D eigenvalue weighted by atomic mass is 10.1. The molecule has 7 heteroatoms. The Hall–Kier alpha value is -1.11. The highest BCUT2D eigenvalue weighted by molar-refractivity contribution is 7.89.